The summed E-state index contributed by atoms with van der Waals surface area (Å²) in [5.74, 6) is -0.985. The van der Waals surface area contributed by atoms with Crippen molar-refractivity contribution in [1.29, 1.82) is 0 Å². The van der Waals surface area contributed by atoms with E-state index in [2.05, 4.69) is 15.0 Å². The first-order chi connectivity index (χ1) is 15.7. The minimum absolute atomic E-state index is 0. The van der Waals surface area contributed by atoms with Gasteiger partial charge in [0.2, 0.25) is 5.91 Å². The zero-order chi connectivity index (χ0) is 23.8. The van der Waals surface area contributed by atoms with Crippen LogP contribution in [0.3, 0.4) is 0 Å². The third kappa shape index (κ3) is 7.96. The van der Waals surface area contributed by atoms with Crippen molar-refractivity contribution >= 4 is 26.1 Å². The van der Waals surface area contributed by atoms with Gasteiger partial charge in [0.15, 0.2) is 0 Å². The fraction of sp³-hybridized carbons (Fsp3) is 0.435. The van der Waals surface area contributed by atoms with Crippen LogP contribution < -0.4 is 10.1 Å². The maximum atomic E-state index is 13.1. The van der Waals surface area contributed by atoms with Crippen molar-refractivity contribution in [3.8, 4) is 5.75 Å². The fourth-order valence-electron chi connectivity index (χ4n) is 3.67. The molecule has 1 N–H and O–H groups in total. The van der Waals surface area contributed by atoms with Crippen LogP contribution in [0.1, 0.15) is 24.0 Å². The van der Waals surface area contributed by atoms with Gasteiger partial charge in [-0.25, -0.2) is 4.98 Å². The number of alkyl halides is 3. The van der Waals surface area contributed by atoms with Crippen molar-refractivity contribution < 1.29 is 32.2 Å². The van der Waals surface area contributed by atoms with Gasteiger partial charge < -0.3 is 19.7 Å². The van der Waals surface area contributed by atoms with Gasteiger partial charge in [0.1, 0.15) is 18.1 Å². The summed E-state index contributed by atoms with van der Waals surface area (Å²) in [7, 11) is 1.18. The number of carbonyl (C=O) groups is 2. The molecule has 1 aromatic carbocycles. The number of hydrogen-bond acceptors (Lipinski definition) is 6. The Kier molecular flexibility index (Phi) is 9.76. The van der Waals surface area contributed by atoms with Crippen molar-refractivity contribution in [2.45, 2.75) is 32.0 Å². The number of aromatic nitrogens is 1. The number of carbonyl (C=O) groups excluding carboxylic acids is 2. The lowest BCUT2D eigenvalue weighted by Crippen LogP contribution is -2.41. The van der Waals surface area contributed by atoms with Gasteiger partial charge >= 0.3 is 12.1 Å². The monoisotopic (exact) mass is 476 g/mol. The van der Waals surface area contributed by atoms with Crippen LogP contribution in [0.5, 0.6) is 5.75 Å². The molecule has 0 spiro atoms. The first kappa shape index (κ1) is 27.0. The molecule has 0 aliphatic carbocycles. The molecule has 3 radical (unpaired) electrons. The molecule has 0 unspecified atom stereocenters. The van der Waals surface area contributed by atoms with Gasteiger partial charge in [-0.2, -0.15) is 13.2 Å². The summed E-state index contributed by atoms with van der Waals surface area (Å²) < 4.78 is 49.7. The molecule has 2 aromatic rings. The van der Waals surface area contributed by atoms with Crippen molar-refractivity contribution in [2.24, 2.45) is 5.92 Å². The highest BCUT2D eigenvalue weighted by Gasteiger charge is 2.38. The maximum Gasteiger partial charge on any atom is 0.406 e. The third-order valence-electron chi connectivity index (χ3n) is 5.24. The molecule has 7 nitrogen and oxygen atoms in total. The van der Waals surface area contributed by atoms with Gasteiger partial charge in [-0.3, -0.25) is 9.59 Å². The van der Waals surface area contributed by atoms with Crippen LogP contribution in [0, 0.1) is 5.92 Å². The van der Waals surface area contributed by atoms with Gasteiger partial charge in [-0.05, 0) is 48.2 Å². The topological polar surface area (TPSA) is 80.8 Å². The minimum atomic E-state index is -4.55. The SMILES string of the molecule is COC(=O)C[C@@H]1Cc2ccc(OCCCNc3ccccn3)cc2CN(CC(F)(F)F)C1=O.[B]. The number of benzene rings is 1. The summed E-state index contributed by atoms with van der Waals surface area (Å²) >= 11 is 0. The Bertz CT molecular complexity index is 960. The normalized spacial score (nSPS) is 15.6. The first-order valence-electron chi connectivity index (χ1n) is 10.6. The average molecular weight is 476 g/mol. The number of rotatable bonds is 9. The van der Waals surface area contributed by atoms with E-state index in [4.69, 9.17) is 4.74 Å². The highest BCUT2D eigenvalue weighted by molar-refractivity contribution is 5.84. The number of nitrogens with one attached hydrogen (secondary N) is 1. The number of amides is 1. The number of fused-ring (bicyclic) bond motifs is 1. The lowest BCUT2D eigenvalue weighted by molar-refractivity contribution is -0.165. The van der Waals surface area contributed by atoms with Crippen LogP contribution in [-0.4, -0.2) is 63.2 Å². The van der Waals surface area contributed by atoms with Gasteiger partial charge in [-0.1, -0.05) is 12.1 Å². The van der Waals surface area contributed by atoms with E-state index >= 15 is 0 Å². The fourth-order valence-corrected chi connectivity index (χ4v) is 3.67. The Morgan fingerprint density at radius 2 is 2.03 bits per heavy atom. The summed E-state index contributed by atoms with van der Waals surface area (Å²) in [4.78, 5) is 29.4. The van der Waals surface area contributed by atoms with Crippen LogP contribution in [0.4, 0.5) is 19.0 Å². The number of anilines is 1. The van der Waals surface area contributed by atoms with Crippen molar-refractivity contribution in [1.82, 2.24) is 9.88 Å². The summed E-state index contributed by atoms with van der Waals surface area (Å²) in [5, 5.41) is 3.17. The molecule has 0 saturated carbocycles. The highest BCUT2D eigenvalue weighted by atomic mass is 19.4. The summed E-state index contributed by atoms with van der Waals surface area (Å²) in [6.45, 7) is -0.545. The Hall–Kier alpha value is -3.24. The molecule has 1 aliphatic heterocycles. The van der Waals surface area contributed by atoms with Crippen molar-refractivity contribution in [3.05, 3.63) is 53.7 Å². The molecular weight excluding hydrogens is 450 g/mol. The molecule has 1 amide bonds. The Labute approximate surface area is 198 Å². The molecular formula is C23H26BF3N3O4. The summed E-state index contributed by atoms with van der Waals surface area (Å²) in [5.41, 5.74) is 1.29. The molecule has 181 valence electrons. The summed E-state index contributed by atoms with van der Waals surface area (Å²) in [6.07, 6.45) is -2.29. The van der Waals surface area contributed by atoms with Crippen LogP contribution in [0.25, 0.3) is 0 Å². The van der Waals surface area contributed by atoms with Gasteiger partial charge in [-0.15, -0.1) is 0 Å². The third-order valence-corrected chi connectivity index (χ3v) is 5.24. The zero-order valence-electron chi connectivity index (χ0n) is 18.8. The maximum absolute atomic E-state index is 13.1. The predicted molar refractivity (Wildman–Crippen MR) is 120 cm³/mol. The quantitative estimate of drug-likeness (QED) is 0.340. The molecule has 2 heterocycles. The number of hydrogen-bond donors (Lipinski definition) is 1. The number of halogens is 3. The van der Waals surface area contributed by atoms with Crippen LogP contribution in [0.2, 0.25) is 0 Å². The number of pyridine rings is 1. The first-order valence-corrected chi connectivity index (χ1v) is 10.6. The number of nitrogens with zero attached hydrogens (tertiary/aromatic N) is 2. The molecule has 1 atom stereocenters. The second-order valence-electron chi connectivity index (χ2n) is 7.77. The number of ether oxygens (including phenoxy) is 2. The van der Waals surface area contributed by atoms with Crippen LogP contribution in [0.15, 0.2) is 42.6 Å². The molecule has 34 heavy (non-hydrogen) atoms. The summed E-state index contributed by atoms with van der Waals surface area (Å²) in [6, 6.07) is 10.7. The van der Waals surface area contributed by atoms with Crippen LogP contribution >= 0.6 is 0 Å². The van der Waals surface area contributed by atoms with E-state index < -0.39 is 30.5 Å². The Morgan fingerprint density at radius 3 is 2.71 bits per heavy atom. The van der Waals surface area contributed by atoms with Gasteiger partial charge in [0.25, 0.3) is 0 Å². The Balaban J connectivity index is 0.00000408. The lowest BCUT2D eigenvalue weighted by atomic mass is 9.94. The van der Waals surface area contributed by atoms with Gasteiger partial charge in [0, 0.05) is 27.7 Å². The molecule has 3 rings (SSSR count). The second-order valence-corrected chi connectivity index (χ2v) is 7.77. The predicted octanol–water partition coefficient (Wildman–Crippen LogP) is 3.21. The zero-order valence-corrected chi connectivity index (χ0v) is 18.8. The number of methoxy groups -OCH3 is 1. The van der Waals surface area contributed by atoms with Gasteiger partial charge in [0.05, 0.1) is 26.1 Å². The largest absolute Gasteiger partial charge is 0.494 e. The lowest BCUT2D eigenvalue weighted by Gasteiger charge is -2.25. The molecule has 0 fully saturated rings. The van der Waals surface area contributed by atoms with Crippen LogP contribution in [-0.2, 0) is 27.3 Å². The molecule has 1 aromatic heterocycles. The molecule has 0 saturated heterocycles. The van der Waals surface area contributed by atoms with E-state index in [1.807, 2.05) is 18.2 Å². The molecule has 0 bridgehead atoms. The Morgan fingerprint density at radius 1 is 1.24 bits per heavy atom. The smallest absolute Gasteiger partial charge is 0.406 e. The van der Waals surface area contributed by atoms with E-state index in [-0.39, 0.29) is 27.8 Å². The van der Waals surface area contributed by atoms with E-state index in [0.717, 1.165) is 10.7 Å². The highest BCUT2D eigenvalue weighted by Crippen LogP contribution is 2.30. The van der Waals surface area contributed by atoms with E-state index in [0.29, 0.717) is 36.4 Å². The molecule has 1 aliphatic rings. The molecule has 11 heteroatoms. The second kappa shape index (κ2) is 12.3. The number of esters is 1. The van der Waals surface area contributed by atoms with E-state index in [1.54, 1.807) is 24.4 Å². The van der Waals surface area contributed by atoms with E-state index in [1.165, 1.54) is 7.11 Å². The standard InChI is InChI=1S/C23H26F3N3O4.B/c1-32-21(30)13-17-11-16-6-7-19(33-10-4-9-28-20-5-2-3-8-27-20)12-18(16)14-29(22(17)31)15-23(24,25)26;/h2-3,5-8,12,17H,4,9-11,13-15H2,1H3,(H,27,28);/t17-;/m0./s1. The van der Waals surface area contributed by atoms with Crippen molar-refractivity contribution in [2.75, 3.05) is 32.1 Å². The van der Waals surface area contributed by atoms with Crippen molar-refractivity contribution in [3.63, 3.8) is 0 Å². The minimum Gasteiger partial charge on any atom is -0.494 e. The average Bonchev–Trinajstić information content (AvgIpc) is 2.89. The van der Waals surface area contributed by atoms with E-state index in [9.17, 15) is 22.8 Å².